The van der Waals surface area contributed by atoms with Crippen LogP contribution in [-0.2, 0) is 20.0 Å². The van der Waals surface area contributed by atoms with E-state index in [0.29, 0.717) is 16.3 Å². The van der Waals surface area contributed by atoms with Crippen molar-refractivity contribution in [2.24, 2.45) is 0 Å². The van der Waals surface area contributed by atoms with Gasteiger partial charge >= 0.3 is 0 Å². The first-order valence-corrected chi connectivity index (χ1v) is 11.8. The van der Waals surface area contributed by atoms with Gasteiger partial charge in [-0.3, -0.25) is 9.44 Å². The lowest BCUT2D eigenvalue weighted by molar-refractivity contribution is 0.601. The molecule has 9 heteroatoms. The lowest BCUT2D eigenvalue weighted by Crippen LogP contribution is -2.13. The zero-order valence-corrected chi connectivity index (χ0v) is 17.4. The maximum absolute atomic E-state index is 12.4. The molecule has 6 nitrogen and oxygen atoms in total. The first-order chi connectivity index (χ1) is 13.8. The van der Waals surface area contributed by atoms with Crippen molar-refractivity contribution >= 4 is 49.1 Å². The van der Waals surface area contributed by atoms with E-state index in [9.17, 15) is 16.8 Å². The van der Waals surface area contributed by atoms with Crippen molar-refractivity contribution in [3.63, 3.8) is 0 Å². The Morgan fingerprint density at radius 1 is 0.690 bits per heavy atom. The van der Waals surface area contributed by atoms with Crippen LogP contribution in [0.1, 0.15) is 5.56 Å². The Morgan fingerprint density at radius 2 is 1.28 bits per heavy atom. The van der Waals surface area contributed by atoms with Gasteiger partial charge in [0.25, 0.3) is 20.0 Å². The standard InChI is InChI=1S/C20H17ClN2O4S2/c21-20-9-5-4-6-16(20)14-15-28(24,25)22-18-10-12-19(13-11-18)29(26,27)23-17-7-2-1-3-8-17/h1-15,22-23H. The van der Waals surface area contributed by atoms with Crippen LogP contribution < -0.4 is 9.44 Å². The molecule has 0 saturated carbocycles. The second-order valence-corrected chi connectivity index (χ2v) is 9.62. The molecular formula is C20H17ClN2O4S2. The topological polar surface area (TPSA) is 92.3 Å². The Hall–Kier alpha value is -2.81. The van der Waals surface area contributed by atoms with Crippen molar-refractivity contribution in [1.82, 2.24) is 0 Å². The summed E-state index contributed by atoms with van der Waals surface area (Å²) in [6.45, 7) is 0. The van der Waals surface area contributed by atoms with Gasteiger partial charge in [-0.15, -0.1) is 0 Å². The summed E-state index contributed by atoms with van der Waals surface area (Å²) in [4.78, 5) is 0.0101. The largest absolute Gasteiger partial charge is 0.280 e. The summed E-state index contributed by atoms with van der Waals surface area (Å²) in [5.74, 6) is 0. The van der Waals surface area contributed by atoms with Gasteiger partial charge in [0.2, 0.25) is 0 Å². The van der Waals surface area contributed by atoms with Gasteiger partial charge in [-0.05, 0) is 54.1 Å². The first-order valence-electron chi connectivity index (χ1n) is 8.39. The van der Waals surface area contributed by atoms with Crippen molar-refractivity contribution in [3.8, 4) is 0 Å². The number of sulfonamides is 2. The highest BCUT2D eigenvalue weighted by atomic mass is 35.5. The number of para-hydroxylation sites is 1. The molecule has 150 valence electrons. The second kappa shape index (κ2) is 8.69. The number of benzene rings is 3. The molecule has 29 heavy (non-hydrogen) atoms. The number of hydrogen-bond acceptors (Lipinski definition) is 4. The van der Waals surface area contributed by atoms with E-state index >= 15 is 0 Å². The molecule has 3 aromatic rings. The fraction of sp³-hybridized carbons (Fsp3) is 0. The quantitative estimate of drug-likeness (QED) is 0.554. The van der Waals surface area contributed by atoms with E-state index in [4.69, 9.17) is 11.6 Å². The summed E-state index contributed by atoms with van der Waals surface area (Å²) in [6, 6.07) is 20.7. The zero-order valence-electron chi connectivity index (χ0n) is 15.0. The summed E-state index contributed by atoms with van der Waals surface area (Å²) in [5.41, 5.74) is 1.22. The van der Waals surface area contributed by atoms with Gasteiger partial charge in [0.1, 0.15) is 0 Å². The molecule has 0 amide bonds. The summed E-state index contributed by atoms with van der Waals surface area (Å²) in [6.07, 6.45) is 1.38. The van der Waals surface area contributed by atoms with E-state index in [1.54, 1.807) is 54.6 Å². The van der Waals surface area contributed by atoms with Crippen molar-refractivity contribution in [2.75, 3.05) is 9.44 Å². The SMILES string of the molecule is O=S(=O)(C=Cc1ccccc1Cl)Nc1ccc(S(=O)(=O)Nc2ccccc2)cc1. The minimum atomic E-state index is -3.80. The minimum absolute atomic E-state index is 0.0101. The number of hydrogen-bond donors (Lipinski definition) is 2. The number of rotatable bonds is 7. The second-order valence-electron chi connectivity index (χ2n) is 5.97. The van der Waals surface area contributed by atoms with Crippen LogP contribution in [0.3, 0.4) is 0 Å². The molecule has 0 aliphatic carbocycles. The van der Waals surface area contributed by atoms with Crippen molar-refractivity contribution in [3.05, 3.63) is 94.9 Å². The molecule has 0 heterocycles. The Kier molecular flexibility index (Phi) is 6.26. The summed E-state index contributed by atoms with van der Waals surface area (Å²) in [5, 5.41) is 1.43. The van der Waals surface area contributed by atoms with E-state index in [0.717, 1.165) is 5.41 Å². The number of nitrogens with one attached hydrogen (secondary N) is 2. The fourth-order valence-corrected chi connectivity index (χ4v) is 4.51. The van der Waals surface area contributed by atoms with Crippen molar-refractivity contribution < 1.29 is 16.8 Å². The van der Waals surface area contributed by atoms with Gasteiger partial charge in [0, 0.05) is 16.4 Å². The first kappa shape index (κ1) is 20.9. The van der Waals surface area contributed by atoms with Crippen LogP contribution in [0.4, 0.5) is 11.4 Å². The molecule has 0 radical (unpaired) electrons. The predicted octanol–water partition coefficient (Wildman–Crippen LogP) is 4.55. The molecule has 0 spiro atoms. The van der Waals surface area contributed by atoms with E-state index in [1.807, 2.05) is 0 Å². The Balaban J connectivity index is 1.72. The summed E-state index contributed by atoms with van der Waals surface area (Å²) in [7, 11) is -7.58. The Bertz CT molecular complexity index is 1220. The van der Waals surface area contributed by atoms with E-state index in [-0.39, 0.29) is 10.6 Å². The van der Waals surface area contributed by atoms with Gasteiger partial charge in [-0.2, -0.15) is 0 Å². The maximum Gasteiger partial charge on any atom is 0.261 e. The highest BCUT2D eigenvalue weighted by Crippen LogP contribution is 2.20. The van der Waals surface area contributed by atoms with E-state index in [1.165, 1.54) is 30.3 Å². The molecule has 0 aromatic heterocycles. The van der Waals surface area contributed by atoms with Crippen LogP contribution in [0.25, 0.3) is 6.08 Å². The molecule has 0 fully saturated rings. The molecule has 0 unspecified atom stereocenters. The van der Waals surface area contributed by atoms with Crippen molar-refractivity contribution in [1.29, 1.82) is 0 Å². The third-order valence-corrected chi connectivity index (χ3v) is 6.54. The smallest absolute Gasteiger partial charge is 0.261 e. The van der Waals surface area contributed by atoms with Crippen LogP contribution in [0.2, 0.25) is 5.02 Å². The molecule has 0 atom stereocenters. The third kappa shape index (κ3) is 5.83. The number of anilines is 2. The molecule has 0 aliphatic heterocycles. The molecule has 0 saturated heterocycles. The van der Waals surface area contributed by atoms with Crippen LogP contribution >= 0.6 is 11.6 Å². The number of halogens is 1. The van der Waals surface area contributed by atoms with Gasteiger partial charge in [0.15, 0.2) is 0 Å². The Morgan fingerprint density at radius 3 is 1.93 bits per heavy atom. The van der Waals surface area contributed by atoms with Crippen molar-refractivity contribution in [2.45, 2.75) is 4.90 Å². The normalized spacial score (nSPS) is 12.0. The highest BCUT2D eigenvalue weighted by Gasteiger charge is 2.14. The summed E-state index contributed by atoms with van der Waals surface area (Å²) >= 11 is 6.00. The molecule has 0 bridgehead atoms. The van der Waals surface area contributed by atoms with E-state index in [2.05, 4.69) is 9.44 Å². The maximum atomic E-state index is 12.4. The average Bonchev–Trinajstić information content (AvgIpc) is 2.68. The predicted molar refractivity (Wildman–Crippen MR) is 117 cm³/mol. The van der Waals surface area contributed by atoms with E-state index < -0.39 is 20.0 Å². The molecular weight excluding hydrogens is 432 g/mol. The fourth-order valence-electron chi connectivity index (χ4n) is 2.39. The third-order valence-electron chi connectivity index (χ3n) is 3.78. The zero-order chi connectivity index (χ0) is 20.9. The minimum Gasteiger partial charge on any atom is -0.280 e. The average molecular weight is 449 g/mol. The molecule has 2 N–H and O–H groups in total. The highest BCUT2D eigenvalue weighted by molar-refractivity contribution is 7.95. The lowest BCUT2D eigenvalue weighted by atomic mass is 10.2. The monoisotopic (exact) mass is 448 g/mol. The molecule has 0 aliphatic rings. The van der Waals surface area contributed by atoms with Crippen LogP contribution in [0.5, 0.6) is 0 Å². The molecule has 3 rings (SSSR count). The lowest BCUT2D eigenvalue weighted by Gasteiger charge is -2.09. The van der Waals surface area contributed by atoms with Crippen LogP contribution in [-0.4, -0.2) is 16.8 Å². The Labute approximate surface area is 175 Å². The molecule has 3 aromatic carbocycles. The summed E-state index contributed by atoms with van der Waals surface area (Å²) < 4.78 is 54.1. The van der Waals surface area contributed by atoms with Gasteiger partial charge in [0.05, 0.1) is 10.3 Å². The van der Waals surface area contributed by atoms with Crippen LogP contribution in [0.15, 0.2) is 89.2 Å². The van der Waals surface area contributed by atoms with Gasteiger partial charge in [-0.1, -0.05) is 48.0 Å². The van der Waals surface area contributed by atoms with Gasteiger partial charge in [-0.25, -0.2) is 16.8 Å². The van der Waals surface area contributed by atoms with Crippen LogP contribution in [0, 0.1) is 0 Å². The van der Waals surface area contributed by atoms with Gasteiger partial charge < -0.3 is 0 Å².